The smallest absolute Gasteiger partial charge is 0.306 e. The molecule has 4 fully saturated rings. The summed E-state index contributed by atoms with van der Waals surface area (Å²) in [6, 6.07) is 0. The number of rotatable bonds is 9. The van der Waals surface area contributed by atoms with Crippen LogP contribution in [0, 0.1) is 34.5 Å². The van der Waals surface area contributed by atoms with Crippen molar-refractivity contribution >= 4 is 11.8 Å². The molecule has 3 heteroatoms. The number of esters is 1. The number of carbonyl (C=O) groups is 2. The number of hydrogen-bond donors (Lipinski definition) is 0. The van der Waals surface area contributed by atoms with E-state index in [0.29, 0.717) is 29.5 Å². The first-order chi connectivity index (χ1) is 15.4. The molecule has 0 aliphatic heterocycles. The van der Waals surface area contributed by atoms with E-state index in [2.05, 4.69) is 20.8 Å². The highest BCUT2D eigenvalue weighted by molar-refractivity contribution is 5.79. The highest BCUT2D eigenvalue weighted by Crippen LogP contribution is 2.66. The molecule has 0 saturated heterocycles. The highest BCUT2D eigenvalue weighted by atomic mass is 16.5. The zero-order chi connectivity index (χ0) is 22.8. The van der Waals surface area contributed by atoms with Crippen molar-refractivity contribution < 1.29 is 14.3 Å². The minimum atomic E-state index is 0.0500. The average Bonchev–Trinajstić information content (AvgIpc) is 3.10. The molecule has 4 saturated carbocycles. The normalized spacial score (nSPS) is 41.0. The Morgan fingerprint density at radius 3 is 2.38 bits per heavy atom. The zero-order valence-electron chi connectivity index (χ0n) is 21.1. The molecule has 0 bridgehead atoms. The Morgan fingerprint density at radius 2 is 1.59 bits per heavy atom. The minimum Gasteiger partial charge on any atom is -0.462 e. The summed E-state index contributed by atoms with van der Waals surface area (Å²) in [5.41, 5.74) is 0.536. The third-order valence-corrected chi connectivity index (χ3v) is 10.7. The molecule has 182 valence electrons. The Kier molecular flexibility index (Phi) is 7.72. The van der Waals surface area contributed by atoms with Crippen molar-refractivity contribution in [1.82, 2.24) is 0 Å². The van der Waals surface area contributed by atoms with Crippen molar-refractivity contribution in [3.05, 3.63) is 0 Å². The van der Waals surface area contributed by atoms with Crippen molar-refractivity contribution in [2.45, 2.75) is 136 Å². The second-order valence-electron chi connectivity index (χ2n) is 12.4. The van der Waals surface area contributed by atoms with Crippen LogP contribution in [0.25, 0.3) is 0 Å². The van der Waals surface area contributed by atoms with E-state index in [1.807, 2.05) is 0 Å². The van der Waals surface area contributed by atoms with Gasteiger partial charge in [-0.2, -0.15) is 0 Å². The SMILES string of the molecule is CCCCCCCCCC(=O)O[C@H]1CCC2C3CC[C@@H]4CC(=O)CC[C@]4(C)C3CC[C@@]21C. The molecule has 0 amide bonds. The third-order valence-electron chi connectivity index (χ3n) is 10.7. The first-order valence-corrected chi connectivity index (χ1v) is 14.1. The second kappa shape index (κ2) is 10.2. The van der Waals surface area contributed by atoms with Gasteiger partial charge in [-0.15, -0.1) is 0 Å². The highest BCUT2D eigenvalue weighted by Gasteiger charge is 2.61. The number of hydrogen-bond acceptors (Lipinski definition) is 3. The van der Waals surface area contributed by atoms with Crippen molar-refractivity contribution in [2.75, 3.05) is 0 Å². The largest absolute Gasteiger partial charge is 0.462 e. The van der Waals surface area contributed by atoms with Crippen LogP contribution in [0.3, 0.4) is 0 Å². The van der Waals surface area contributed by atoms with Gasteiger partial charge in [0.25, 0.3) is 0 Å². The average molecular weight is 445 g/mol. The van der Waals surface area contributed by atoms with Gasteiger partial charge in [0.05, 0.1) is 0 Å². The van der Waals surface area contributed by atoms with Gasteiger partial charge in [0.2, 0.25) is 0 Å². The molecule has 32 heavy (non-hydrogen) atoms. The van der Waals surface area contributed by atoms with E-state index in [4.69, 9.17) is 4.74 Å². The summed E-state index contributed by atoms with van der Waals surface area (Å²) in [6.07, 6.45) is 19.4. The van der Waals surface area contributed by atoms with Crippen LogP contribution >= 0.6 is 0 Å². The van der Waals surface area contributed by atoms with Gasteiger partial charge in [-0.1, -0.05) is 59.3 Å². The van der Waals surface area contributed by atoms with E-state index < -0.39 is 0 Å². The predicted molar refractivity (Wildman–Crippen MR) is 129 cm³/mol. The predicted octanol–water partition coefficient (Wildman–Crippen LogP) is 7.65. The summed E-state index contributed by atoms with van der Waals surface area (Å²) in [6.45, 7) is 7.20. The van der Waals surface area contributed by atoms with Gasteiger partial charge in [0.1, 0.15) is 11.9 Å². The number of unbranched alkanes of at least 4 members (excludes halogenated alkanes) is 6. The fourth-order valence-corrected chi connectivity index (χ4v) is 8.63. The van der Waals surface area contributed by atoms with Crippen LogP contribution in [0.4, 0.5) is 0 Å². The fourth-order valence-electron chi connectivity index (χ4n) is 8.63. The lowest BCUT2D eigenvalue weighted by molar-refractivity contribution is -0.164. The quantitative estimate of drug-likeness (QED) is 0.271. The third kappa shape index (κ3) is 4.69. The molecule has 0 spiro atoms. The molecule has 0 aromatic carbocycles. The van der Waals surface area contributed by atoms with Crippen molar-refractivity contribution in [2.24, 2.45) is 34.5 Å². The monoisotopic (exact) mass is 444 g/mol. The number of Topliss-reactive ketones (excluding diaryl/α,β-unsaturated/α-hetero) is 1. The van der Waals surface area contributed by atoms with Crippen molar-refractivity contribution in [3.63, 3.8) is 0 Å². The molecule has 0 aromatic rings. The van der Waals surface area contributed by atoms with Gasteiger partial charge in [-0.25, -0.2) is 0 Å². The molecule has 0 aromatic heterocycles. The van der Waals surface area contributed by atoms with Crippen LogP contribution in [0.15, 0.2) is 0 Å². The Morgan fingerprint density at radius 1 is 0.875 bits per heavy atom. The van der Waals surface area contributed by atoms with Gasteiger partial charge in [0.15, 0.2) is 0 Å². The molecule has 4 aliphatic rings. The van der Waals surface area contributed by atoms with Crippen LogP contribution < -0.4 is 0 Å². The van der Waals surface area contributed by atoms with Gasteiger partial charge < -0.3 is 4.74 Å². The molecule has 0 heterocycles. The van der Waals surface area contributed by atoms with E-state index in [1.165, 1.54) is 64.2 Å². The maximum atomic E-state index is 12.6. The van der Waals surface area contributed by atoms with Crippen LogP contribution in [0.5, 0.6) is 0 Å². The molecular formula is C29H48O3. The van der Waals surface area contributed by atoms with Gasteiger partial charge in [0, 0.05) is 24.7 Å². The zero-order valence-corrected chi connectivity index (χ0v) is 21.1. The molecular weight excluding hydrogens is 396 g/mol. The summed E-state index contributed by atoms with van der Waals surface area (Å²) in [4.78, 5) is 24.8. The number of ether oxygens (including phenoxy) is 1. The lowest BCUT2D eigenvalue weighted by Gasteiger charge is -2.60. The van der Waals surface area contributed by atoms with Crippen LogP contribution in [0.2, 0.25) is 0 Å². The summed E-state index contributed by atoms with van der Waals surface area (Å²) < 4.78 is 6.17. The van der Waals surface area contributed by atoms with Crippen LogP contribution in [0.1, 0.15) is 130 Å². The Hall–Kier alpha value is -0.860. The molecule has 7 atom stereocenters. The Labute approximate surface area is 196 Å². The second-order valence-corrected chi connectivity index (χ2v) is 12.4. The standard InChI is InChI=1S/C29H48O3/c1-4-5-6-7-8-9-10-11-27(31)32-26-15-14-24-23-13-12-21-20-22(30)16-18-28(21,2)25(23)17-19-29(24,26)3/h21,23-26H,4-20H2,1-3H3/t21-,23?,24?,25?,26+,28+,29+/m1/s1. The number of carbonyl (C=O) groups excluding carboxylic acids is 2. The molecule has 3 unspecified atom stereocenters. The summed E-state index contributed by atoms with van der Waals surface area (Å²) >= 11 is 0. The van der Waals surface area contributed by atoms with E-state index in [-0.39, 0.29) is 17.5 Å². The van der Waals surface area contributed by atoms with Crippen LogP contribution in [-0.2, 0) is 14.3 Å². The summed E-state index contributed by atoms with van der Waals surface area (Å²) in [5, 5.41) is 0. The molecule has 4 aliphatic carbocycles. The van der Waals surface area contributed by atoms with Crippen molar-refractivity contribution in [3.8, 4) is 0 Å². The van der Waals surface area contributed by atoms with Gasteiger partial charge >= 0.3 is 5.97 Å². The van der Waals surface area contributed by atoms with E-state index in [0.717, 1.165) is 50.4 Å². The van der Waals surface area contributed by atoms with Crippen molar-refractivity contribution in [1.29, 1.82) is 0 Å². The van der Waals surface area contributed by atoms with Gasteiger partial charge in [-0.05, 0) is 80.5 Å². The maximum Gasteiger partial charge on any atom is 0.306 e. The Bertz CT molecular complexity index is 671. The van der Waals surface area contributed by atoms with E-state index in [1.54, 1.807) is 0 Å². The maximum absolute atomic E-state index is 12.6. The number of fused-ring (bicyclic) bond motifs is 5. The van der Waals surface area contributed by atoms with Gasteiger partial charge in [-0.3, -0.25) is 9.59 Å². The molecule has 3 nitrogen and oxygen atoms in total. The Balaban J connectivity index is 1.29. The first kappa shape index (κ1) is 24.3. The topological polar surface area (TPSA) is 43.4 Å². The molecule has 0 N–H and O–H groups in total. The lowest BCUT2D eigenvalue weighted by Crippen LogP contribution is -2.54. The van der Waals surface area contributed by atoms with Crippen LogP contribution in [-0.4, -0.2) is 17.9 Å². The minimum absolute atomic E-state index is 0.0500. The molecule has 0 radical (unpaired) electrons. The summed E-state index contributed by atoms with van der Waals surface area (Å²) in [7, 11) is 0. The van der Waals surface area contributed by atoms with E-state index >= 15 is 0 Å². The number of ketones is 1. The fraction of sp³-hybridized carbons (Fsp3) is 0.931. The molecule has 4 rings (SSSR count). The first-order valence-electron chi connectivity index (χ1n) is 14.1. The summed E-state index contributed by atoms with van der Waals surface area (Å²) in [5.74, 6) is 3.42. The lowest BCUT2D eigenvalue weighted by atomic mass is 9.45. The van der Waals surface area contributed by atoms with E-state index in [9.17, 15) is 9.59 Å².